The van der Waals surface area contributed by atoms with Gasteiger partial charge in [-0.25, -0.2) is 4.98 Å². The SMILES string of the molecule is CC(N)Cc1cnc(F)cc1B1OC(C)(C)C(C)(C)O1. The second-order valence-corrected chi connectivity index (χ2v) is 6.48. The van der Waals surface area contributed by atoms with E-state index in [9.17, 15) is 4.39 Å². The minimum atomic E-state index is -0.591. The lowest BCUT2D eigenvalue weighted by atomic mass is 9.75. The van der Waals surface area contributed by atoms with Crippen LogP contribution in [-0.2, 0) is 15.7 Å². The Labute approximate surface area is 120 Å². The zero-order valence-corrected chi connectivity index (χ0v) is 12.7. The van der Waals surface area contributed by atoms with Gasteiger partial charge in [0.25, 0.3) is 0 Å². The summed E-state index contributed by atoms with van der Waals surface area (Å²) in [5, 5.41) is 0. The second kappa shape index (κ2) is 5.09. The molecule has 0 amide bonds. The molecule has 1 aliphatic heterocycles. The van der Waals surface area contributed by atoms with Crippen LogP contribution in [0.15, 0.2) is 12.3 Å². The summed E-state index contributed by atoms with van der Waals surface area (Å²) in [6.45, 7) is 9.77. The maximum Gasteiger partial charge on any atom is 0.495 e. The van der Waals surface area contributed by atoms with E-state index in [1.165, 1.54) is 12.3 Å². The number of aromatic nitrogens is 1. The molecule has 1 saturated heterocycles. The minimum absolute atomic E-state index is 0.0385. The van der Waals surface area contributed by atoms with Crippen LogP contribution >= 0.6 is 0 Å². The predicted octanol–water partition coefficient (Wildman–Crippen LogP) is 1.41. The Balaban J connectivity index is 2.36. The Morgan fingerprint density at radius 3 is 2.35 bits per heavy atom. The molecule has 110 valence electrons. The quantitative estimate of drug-likeness (QED) is 0.672. The third-order valence-corrected chi connectivity index (χ3v) is 4.04. The van der Waals surface area contributed by atoms with Crippen molar-refractivity contribution in [2.45, 2.75) is 58.3 Å². The normalized spacial score (nSPS) is 22.1. The highest BCUT2D eigenvalue weighted by atomic mass is 19.1. The van der Waals surface area contributed by atoms with Gasteiger partial charge in [-0.3, -0.25) is 0 Å². The molecule has 6 heteroatoms. The summed E-state index contributed by atoms with van der Waals surface area (Å²) in [4.78, 5) is 3.70. The van der Waals surface area contributed by atoms with Crippen LogP contribution in [0.5, 0.6) is 0 Å². The zero-order valence-electron chi connectivity index (χ0n) is 12.7. The Kier molecular flexibility index (Phi) is 3.93. The molecule has 1 unspecified atom stereocenters. The van der Waals surface area contributed by atoms with Gasteiger partial charge in [-0.05, 0) is 58.1 Å². The fourth-order valence-corrected chi connectivity index (χ4v) is 2.18. The van der Waals surface area contributed by atoms with Crippen LogP contribution in [0.3, 0.4) is 0 Å². The lowest BCUT2D eigenvalue weighted by Crippen LogP contribution is -2.41. The van der Waals surface area contributed by atoms with E-state index in [0.29, 0.717) is 11.9 Å². The van der Waals surface area contributed by atoms with Gasteiger partial charge < -0.3 is 15.0 Å². The molecule has 2 rings (SSSR count). The zero-order chi connectivity index (χ0) is 15.1. The van der Waals surface area contributed by atoms with Crippen LogP contribution in [0, 0.1) is 5.95 Å². The van der Waals surface area contributed by atoms with Gasteiger partial charge in [0, 0.05) is 12.2 Å². The van der Waals surface area contributed by atoms with Gasteiger partial charge in [-0.2, -0.15) is 4.39 Å². The smallest absolute Gasteiger partial charge is 0.399 e. The highest BCUT2D eigenvalue weighted by Gasteiger charge is 2.52. The summed E-state index contributed by atoms with van der Waals surface area (Å²) < 4.78 is 25.4. The van der Waals surface area contributed by atoms with E-state index in [2.05, 4.69) is 4.98 Å². The standard InChI is InChI=1S/C14H22BFN2O2/c1-9(17)6-10-8-18-12(16)7-11(10)15-19-13(2,3)14(4,5)20-15/h7-9H,6,17H2,1-5H3. The summed E-state index contributed by atoms with van der Waals surface area (Å²) in [5.41, 5.74) is 6.46. The van der Waals surface area contributed by atoms with Crippen LogP contribution in [0.2, 0.25) is 0 Å². The Morgan fingerprint density at radius 1 is 1.30 bits per heavy atom. The lowest BCUT2D eigenvalue weighted by Gasteiger charge is -2.32. The van der Waals surface area contributed by atoms with Crippen molar-refractivity contribution >= 4 is 12.6 Å². The molecule has 0 aliphatic carbocycles. The average molecular weight is 280 g/mol. The van der Waals surface area contributed by atoms with E-state index in [-0.39, 0.29) is 6.04 Å². The average Bonchev–Trinajstić information content (AvgIpc) is 2.50. The molecule has 1 fully saturated rings. The molecule has 1 atom stereocenters. The van der Waals surface area contributed by atoms with Crippen LogP contribution in [0.1, 0.15) is 40.2 Å². The number of rotatable bonds is 3. The van der Waals surface area contributed by atoms with E-state index >= 15 is 0 Å². The van der Waals surface area contributed by atoms with Crippen molar-refractivity contribution < 1.29 is 13.7 Å². The summed E-state index contributed by atoms with van der Waals surface area (Å²) in [6.07, 6.45) is 2.12. The molecule has 1 aromatic heterocycles. The molecule has 0 aromatic carbocycles. The first-order valence-electron chi connectivity index (χ1n) is 6.88. The molecule has 1 aromatic rings. The lowest BCUT2D eigenvalue weighted by molar-refractivity contribution is 0.00578. The number of hydrogen-bond donors (Lipinski definition) is 1. The van der Waals surface area contributed by atoms with Gasteiger partial charge in [-0.15, -0.1) is 0 Å². The van der Waals surface area contributed by atoms with Crippen molar-refractivity contribution in [3.8, 4) is 0 Å². The Bertz CT molecular complexity index is 490. The van der Waals surface area contributed by atoms with Crippen molar-refractivity contribution in [2.24, 2.45) is 5.73 Å². The molecule has 4 nitrogen and oxygen atoms in total. The first-order valence-corrected chi connectivity index (χ1v) is 6.88. The number of pyridine rings is 1. The summed E-state index contributed by atoms with van der Waals surface area (Å²) in [6, 6.07) is 1.34. The van der Waals surface area contributed by atoms with Crippen LogP contribution < -0.4 is 11.2 Å². The summed E-state index contributed by atoms with van der Waals surface area (Å²) in [7, 11) is -0.591. The largest absolute Gasteiger partial charge is 0.495 e. The molecule has 2 heterocycles. The molecule has 1 aliphatic rings. The Hall–Kier alpha value is -0.975. The molecule has 0 spiro atoms. The van der Waals surface area contributed by atoms with Crippen LogP contribution in [0.25, 0.3) is 0 Å². The Morgan fingerprint density at radius 2 is 1.85 bits per heavy atom. The molecule has 2 N–H and O–H groups in total. The van der Waals surface area contributed by atoms with E-state index < -0.39 is 24.3 Å². The fraction of sp³-hybridized carbons (Fsp3) is 0.643. The van der Waals surface area contributed by atoms with Gasteiger partial charge in [-0.1, -0.05) is 0 Å². The second-order valence-electron chi connectivity index (χ2n) is 6.48. The number of halogens is 1. The third kappa shape index (κ3) is 2.87. The minimum Gasteiger partial charge on any atom is -0.399 e. The molecule has 20 heavy (non-hydrogen) atoms. The first-order chi connectivity index (χ1) is 9.12. The van der Waals surface area contributed by atoms with E-state index in [1.54, 1.807) is 0 Å². The van der Waals surface area contributed by atoms with Crippen molar-refractivity contribution in [1.29, 1.82) is 0 Å². The maximum absolute atomic E-state index is 13.5. The molecular weight excluding hydrogens is 258 g/mol. The van der Waals surface area contributed by atoms with E-state index in [1.807, 2.05) is 34.6 Å². The third-order valence-electron chi connectivity index (χ3n) is 4.04. The van der Waals surface area contributed by atoms with Crippen molar-refractivity contribution in [1.82, 2.24) is 4.98 Å². The van der Waals surface area contributed by atoms with Gasteiger partial charge in [0.1, 0.15) is 0 Å². The van der Waals surface area contributed by atoms with Crippen molar-refractivity contribution in [2.75, 3.05) is 0 Å². The van der Waals surface area contributed by atoms with Gasteiger partial charge in [0.2, 0.25) is 5.95 Å². The number of hydrogen-bond acceptors (Lipinski definition) is 4. The van der Waals surface area contributed by atoms with E-state index in [0.717, 1.165) is 5.56 Å². The first kappa shape index (κ1) is 15.4. The number of nitrogens with zero attached hydrogens (tertiary/aromatic N) is 1. The highest BCUT2D eigenvalue weighted by Crippen LogP contribution is 2.36. The summed E-state index contributed by atoms with van der Waals surface area (Å²) >= 11 is 0. The van der Waals surface area contributed by atoms with Crippen molar-refractivity contribution in [3.63, 3.8) is 0 Å². The topological polar surface area (TPSA) is 57.4 Å². The summed E-state index contributed by atoms with van der Waals surface area (Å²) in [5.74, 6) is -0.539. The van der Waals surface area contributed by atoms with E-state index in [4.69, 9.17) is 15.0 Å². The molecule has 0 bridgehead atoms. The highest BCUT2D eigenvalue weighted by molar-refractivity contribution is 6.62. The monoisotopic (exact) mass is 280 g/mol. The van der Waals surface area contributed by atoms with Gasteiger partial charge in [0.05, 0.1) is 11.2 Å². The van der Waals surface area contributed by atoms with Crippen LogP contribution in [0.4, 0.5) is 4.39 Å². The van der Waals surface area contributed by atoms with Gasteiger partial charge in [0.15, 0.2) is 0 Å². The number of nitrogens with two attached hydrogens (primary N) is 1. The van der Waals surface area contributed by atoms with Gasteiger partial charge >= 0.3 is 7.12 Å². The van der Waals surface area contributed by atoms with Crippen LogP contribution in [-0.4, -0.2) is 29.3 Å². The predicted molar refractivity (Wildman–Crippen MR) is 77.3 cm³/mol. The maximum atomic E-state index is 13.5. The molecule has 0 radical (unpaired) electrons. The fourth-order valence-electron chi connectivity index (χ4n) is 2.18. The molecular formula is C14H22BFN2O2. The van der Waals surface area contributed by atoms with Crippen molar-refractivity contribution in [3.05, 3.63) is 23.8 Å². The molecule has 0 saturated carbocycles.